The fourth-order valence-corrected chi connectivity index (χ4v) is 2.57. The predicted molar refractivity (Wildman–Crippen MR) is 80.1 cm³/mol. The SMILES string of the molecule is CCNc1c(F)cccc1C(=O)Nc1nc(C)c(C)s1. The number of nitrogens with zero attached hydrogens (tertiary/aromatic N) is 1. The van der Waals surface area contributed by atoms with Crippen LogP contribution in [-0.2, 0) is 0 Å². The highest BCUT2D eigenvalue weighted by Crippen LogP contribution is 2.24. The maximum absolute atomic E-state index is 13.7. The molecule has 2 aromatic rings. The molecule has 0 aliphatic carbocycles. The molecule has 1 aromatic heterocycles. The average Bonchev–Trinajstić information content (AvgIpc) is 2.70. The number of carbonyl (C=O) groups is 1. The first-order chi connectivity index (χ1) is 9.52. The Morgan fingerprint density at radius 3 is 2.75 bits per heavy atom. The molecule has 20 heavy (non-hydrogen) atoms. The number of aryl methyl sites for hydroxylation is 2. The number of hydrogen-bond donors (Lipinski definition) is 2. The van der Waals surface area contributed by atoms with Crippen LogP contribution in [0.4, 0.5) is 15.2 Å². The van der Waals surface area contributed by atoms with Crippen molar-refractivity contribution in [2.24, 2.45) is 0 Å². The fraction of sp³-hybridized carbons (Fsp3) is 0.286. The molecule has 1 heterocycles. The van der Waals surface area contributed by atoms with E-state index >= 15 is 0 Å². The summed E-state index contributed by atoms with van der Waals surface area (Å²) in [4.78, 5) is 17.5. The Morgan fingerprint density at radius 2 is 2.15 bits per heavy atom. The third kappa shape index (κ3) is 2.96. The highest BCUT2D eigenvalue weighted by molar-refractivity contribution is 7.15. The van der Waals surface area contributed by atoms with Crippen LogP contribution in [0.1, 0.15) is 27.9 Å². The lowest BCUT2D eigenvalue weighted by atomic mass is 10.1. The zero-order valence-electron chi connectivity index (χ0n) is 11.6. The molecule has 1 aromatic carbocycles. The van der Waals surface area contributed by atoms with Crippen LogP contribution in [0.25, 0.3) is 0 Å². The van der Waals surface area contributed by atoms with Crippen molar-refractivity contribution in [2.45, 2.75) is 20.8 Å². The second kappa shape index (κ2) is 6.00. The standard InChI is InChI=1S/C14H16FN3OS/c1-4-16-12-10(6-5-7-11(12)15)13(19)18-14-17-8(2)9(3)20-14/h5-7,16H,4H2,1-3H3,(H,17,18,19). The van der Waals surface area contributed by atoms with Crippen molar-refractivity contribution in [3.8, 4) is 0 Å². The molecule has 0 radical (unpaired) electrons. The largest absolute Gasteiger partial charge is 0.382 e. The van der Waals surface area contributed by atoms with Crippen molar-refractivity contribution in [1.29, 1.82) is 0 Å². The van der Waals surface area contributed by atoms with Gasteiger partial charge in [0, 0.05) is 11.4 Å². The molecule has 1 amide bonds. The van der Waals surface area contributed by atoms with E-state index in [0.717, 1.165) is 10.6 Å². The predicted octanol–water partition coefficient (Wildman–Crippen LogP) is 3.58. The number of carbonyl (C=O) groups excluding carboxylic acids is 1. The van der Waals surface area contributed by atoms with Gasteiger partial charge < -0.3 is 5.32 Å². The van der Waals surface area contributed by atoms with E-state index in [9.17, 15) is 9.18 Å². The van der Waals surface area contributed by atoms with Crippen molar-refractivity contribution in [2.75, 3.05) is 17.2 Å². The number of halogens is 1. The third-order valence-electron chi connectivity index (χ3n) is 2.86. The minimum Gasteiger partial charge on any atom is -0.382 e. The maximum atomic E-state index is 13.7. The molecular weight excluding hydrogens is 277 g/mol. The van der Waals surface area contributed by atoms with Gasteiger partial charge in [-0.15, -0.1) is 11.3 Å². The van der Waals surface area contributed by atoms with Gasteiger partial charge in [-0.2, -0.15) is 0 Å². The van der Waals surface area contributed by atoms with E-state index in [1.807, 2.05) is 20.8 Å². The number of nitrogens with one attached hydrogen (secondary N) is 2. The van der Waals surface area contributed by atoms with E-state index < -0.39 is 5.82 Å². The number of thiazole rings is 1. The van der Waals surface area contributed by atoms with Crippen LogP contribution in [0.3, 0.4) is 0 Å². The Kier molecular flexibility index (Phi) is 4.34. The second-order valence-electron chi connectivity index (χ2n) is 4.31. The Bertz CT molecular complexity index is 620. The van der Waals surface area contributed by atoms with Crippen LogP contribution in [0, 0.1) is 19.7 Å². The van der Waals surface area contributed by atoms with Crippen molar-refractivity contribution in [1.82, 2.24) is 4.98 Å². The van der Waals surface area contributed by atoms with Crippen LogP contribution in [-0.4, -0.2) is 17.4 Å². The van der Waals surface area contributed by atoms with Crippen LogP contribution >= 0.6 is 11.3 Å². The number of hydrogen-bond acceptors (Lipinski definition) is 4. The van der Waals surface area contributed by atoms with Crippen LogP contribution < -0.4 is 10.6 Å². The molecule has 0 atom stereocenters. The fourth-order valence-electron chi connectivity index (χ4n) is 1.76. The van der Waals surface area contributed by atoms with Crippen LogP contribution in [0.2, 0.25) is 0 Å². The molecule has 0 fully saturated rings. The molecule has 2 rings (SSSR count). The summed E-state index contributed by atoms with van der Waals surface area (Å²) in [5.41, 5.74) is 1.38. The molecule has 2 N–H and O–H groups in total. The lowest BCUT2D eigenvalue weighted by Crippen LogP contribution is -2.15. The topological polar surface area (TPSA) is 54.0 Å². The van der Waals surface area contributed by atoms with Gasteiger partial charge in [-0.1, -0.05) is 6.07 Å². The lowest BCUT2D eigenvalue weighted by Gasteiger charge is -2.10. The van der Waals surface area contributed by atoms with E-state index in [1.54, 1.807) is 6.07 Å². The van der Waals surface area contributed by atoms with Gasteiger partial charge in [-0.3, -0.25) is 10.1 Å². The van der Waals surface area contributed by atoms with Crippen molar-refractivity contribution in [3.05, 3.63) is 40.2 Å². The summed E-state index contributed by atoms with van der Waals surface area (Å²) < 4.78 is 13.7. The molecule has 0 saturated carbocycles. The summed E-state index contributed by atoms with van der Waals surface area (Å²) in [7, 11) is 0. The molecule has 0 unspecified atom stereocenters. The van der Waals surface area contributed by atoms with E-state index in [-0.39, 0.29) is 17.2 Å². The van der Waals surface area contributed by atoms with Crippen molar-refractivity contribution in [3.63, 3.8) is 0 Å². The molecule has 0 aliphatic rings. The highest BCUT2D eigenvalue weighted by Gasteiger charge is 2.16. The number of amides is 1. The van der Waals surface area contributed by atoms with E-state index in [1.165, 1.54) is 23.5 Å². The summed E-state index contributed by atoms with van der Waals surface area (Å²) in [6, 6.07) is 4.43. The third-order valence-corrected chi connectivity index (χ3v) is 3.85. The maximum Gasteiger partial charge on any atom is 0.259 e. The van der Waals surface area contributed by atoms with Crippen molar-refractivity contribution < 1.29 is 9.18 Å². The highest BCUT2D eigenvalue weighted by atomic mass is 32.1. The lowest BCUT2D eigenvalue weighted by molar-refractivity contribution is 0.102. The Morgan fingerprint density at radius 1 is 1.40 bits per heavy atom. The van der Waals surface area contributed by atoms with E-state index in [0.29, 0.717) is 11.7 Å². The van der Waals surface area contributed by atoms with Crippen LogP contribution in [0.5, 0.6) is 0 Å². The smallest absolute Gasteiger partial charge is 0.259 e. The molecule has 4 nitrogen and oxygen atoms in total. The molecule has 0 bridgehead atoms. The Balaban J connectivity index is 2.27. The van der Waals surface area contributed by atoms with Gasteiger partial charge in [0.2, 0.25) is 0 Å². The van der Waals surface area contributed by atoms with Gasteiger partial charge in [-0.05, 0) is 32.9 Å². The van der Waals surface area contributed by atoms with Gasteiger partial charge in [0.25, 0.3) is 5.91 Å². The van der Waals surface area contributed by atoms with Crippen LogP contribution in [0.15, 0.2) is 18.2 Å². The molecule has 106 valence electrons. The summed E-state index contributed by atoms with van der Waals surface area (Å²) in [5.74, 6) is -0.805. The second-order valence-corrected chi connectivity index (χ2v) is 5.51. The quantitative estimate of drug-likeness (QED) is 0.906. The first kappa shape index (κ1) is 14.5. The number of aromatic nitrogens is 1. The van der Waals surface area contributed by atoms with E-state index in [2.05, 4.69) is 15.6 Å². The summed E-state index contributed by atoms with van der Waals surface area (Å²) in [6.45, 7) is 6.21. The summed E-state index contributed by atoms with van der Waals surface area (Å²) >= 11 is 1.40. The first-order valence-electron chi connectivity index (χ1n) is 6.30. The zero-order valence-corrected chi connectivity index (χ0v) is 12.4. The number of para-hydroxylation sites is 1. The van der Waals surface area contributed by atoms with Gasteiger partial charge >= 0.3 is 0 Å². The molecule has 0 aliphatic heterocycles. The monoisotopic (exact) mass is 293 g/mol. The average molecular weight is 293 g/mol. The first-order valence-corrected chi connectivity index (χ1v) is 7.12. The van der Waals surface area contributed by atoms with Gasteiger partial charge in [0.05, 0.1) is 16.9 Å². The molecule has 0 spiro atoms. The normalized spacial score (nSPS) is 10.4. The Hall–Kier alpha value is -1.95. The minimum atomic E-state index is -0.439. The van der Waals surface area contributed by atoms with Gasteiger partial charge in [-0.25, -0.2) is 9.37 Å². The molecule has 0 saturated heterocycles. The number of benzene rings is 1. The summed E-state index contributed by atoms with van der Waals surface area (Å²) in [6.07, 6.45) is 0. The summed E-state index contributed by atoms with van der Waals surface area (Å²) in [5, 5.41) is 6.11. The zero-order chi connectivity index (χ0) is 14.7. The number of rotatable bonds is 4. The molecular formula is C14H16FN3OS. The minimum absolute atomic E-state index is 0.220. The van der Waals surface area contributed by atoms with Gasteiger partial charge in [0.15, 0.2) is 5.13 Å². The van der Waals surface area contributed by atoms with Gasteiger partial charge in [0.1, 0.15) is 5.82 Å². The Labute approximate surface area is 121 Å². The van der Waals surface area contributed by atoms with Crippen molar-refractivity contribution >= 4 is 28.1 Å². The number of anilines is 2. The molecule has 6 heteroatoms. The van der Waals surface area contributed by atoms with E-state index in [4.69, 9.17) is 0 Å².